The normalized spacial score (nSPS) is 19.1. The number of carbonyl (C=O) groups is 1. The molecule has 0 bridgehead atoms. The van der Waals surface area contributed by atoms with E-state index in [9.17, 15) is 13.2 Å². The highest BCUT2D eigenvalue weighted by Gasteiger charge is 2.32. The summed E-state index contributed by atoms with van der Waals surface area (Å²) in [6.07, 6.45) is 1.97. The van der Waals surface area contributed by atoms with Gasteiger partial charge >= 0.3 is 0 Å². The van der Waals surface area contributed by atoms with Crippen LogP contribution in [-0.4, -0.2) is 32.3 Å². The zero-order valence-electron chi connectivity index (χ0n) is 11.2. The van der Waals surface area contributed by atoms with Crippen LogP contribution in [0.3, 0.4) is 0 Å². The highest BCUT2D eigenvalue weighted by atomic mass is 79.9. The fraction of sp³-hybridized carbons (Fsp3) is 0.583. The van der Waals surface area contributed by atoms with Crippen LogP contribution in [0.4, 0.5) is 0 Å². The molecule has 0 aromatic carbocycles. The lowest BCUT2D eigenvalue weighted by Crippen LogP contribution is -2.43. The van der Waals surface area contributed by atoms with Crippen molar-refractivity contribution in [2.45, 2.75) is 31.6 Å². The van der Waals surface area contributed by atoms with Crippen LogP contribution in [-0.2, 0) is 9.05 Å². The predicted octanol–water partition coefficient (Wildman–Crippen LogP) is 3.23. The Morgan fingerprint density at radius 1 is 1.50 bits per heavy atom. The molecule has 0 N–H and O–H groups in total. The summed E-state index contributed by atoms with van der Waals surface area (Å²) in [6.45, 7) is 5.45. The maximum absolute atomic E-state index is 12.4. The lowest BCUT2D eigenvalue weighted by Gasteiger charge is -2.37. The van der Waals surface area contributed by atoms with Crippen LogP contribution in [0.15, 0.2) is 20.0 Å². The molecular formula is C12H15BrClNO4S. The topological polar surface area (TPSA) is 67.6 Å². The molecule has 2 heterocycles. The number of rotatable bonds is 2. The Balaban J connectivity index is 2.26. The Morgan fingerprint density at radius 2 is 2.15 bits per heavy atom. The Bertz CT molecular complexity index is 638. The number of carbonyl (C=O) groups excluding carboxylic acids is 1. The van der Waals surface area contributed by atoms with E-state index in [1.54, 1.807) is 4.90 Å². The second-order valence-electron chi connectivity index (χ2n) is 5.68. The molecule has 0 atom stereocenters. The molecule has 20 heavy (non-hydrogen) atoms. The Hall–Kier alpha value is -0.530. The van der Waals surface area contributed by atoms with E-state index in [-0.39, 0.29) is 26.6 Å². The first-order valence-corrected chi connectivity index (χ1v) is 9.24. The van der Waals surface area contributed by atoms with Crippen molar-refractivity contribution in [1.82, 2.24) is 4.90 Å². The van der Waals surface area contributed by atoms with Crippen LogP contribution in [0.5, 0.6) is 0 Å². The highest BCUT2D eigenvalue weighted by molar-refractivity contribution is 9.10. The first kappa shape index (κ1) is 15.9. The molecule has 1 aliphatic rings. The number of amides is 1. The van der Waals surface area contributed by atoms with Gasteiger partial charge < -0.3 is 9.32 Å². The fourth-order valence-corrected chi connectivity index (χ4v) is 4.41. The van der Waals surface area contributed by atoms with Crippen molar-refractivity contribution in [3.05, 3.63) is 16.5 Å². The van der Waals surface area contributed by atoms with Gasteiger partial charge in [0.05, 0.1) is 0 Å². The monoisotopic (exact) mass is 383 g/mol. The Kier molecular flexibility index (Phi) is 4.24. The van der Waals surface area contributed by atoms with Crippen molar-refractivity contribution in [3.8, 4) is 0 Å². The summed E-state index contributed by atoms with van der Waals surface area (Å²) in [5.41, 5.74) is 0.0547. The minimum Gasteiger partial charge on any atom is -0.443 e. The first-order chi connectivity index (χ1) is 9.10. The Morgan fingerprint density at radius 3 is 2.65 bits per heavy atom. The molecule has 0 unspecified atom stereocenters. The van der Waals surface area contributed by atoms with E-state index < -0.39 is 9.05 Å². The van der Waals surface area contributed by atoms with Gasteiger partial charge in [-0.05, 0) is 34.2 Å². The standard InChI is InChI=1S/C12H15BrClNO4S/c1-12(2)4-3-5-15(7-12)11(16)8-6-9(10(13)19-8)20(14,17)18/h6H,3-5,7H2,1-2H3. The van der Waals surface area contributed by atoms with Crippen molar-refractivity contribution >= 4 is 41.6 Å². The van der Waals surface area contributed by atoms with Gasteiger partial charge in [-0.2, -0.15) is 0 Å². The largest absolute Gasteiger partial charge is 0.443 e. The average Bonchev–Trinajstić information content (AvgIpc) is 2.68. The van der Waals surface area contributed by atoms with E-state index >= 15 is 0 Å². The molecule has 1 amide bonds. The molecule has 0 aliphatic carbocycles. The molecule has 1 aliphatic heterocycles. The third-order valence-corrected chi connectivity index (χ3v) is 5.50. The number of likely N-dealkylation sites (tertiary alicyclic amines) is 1. The maximum Gasteiger partial charge on any atom is 0.289 e. The third-order valence-electron chi connectivity index (χ3n) is 3.32. The summed E-state index contributed by atoms with van der Waals surface area (Å²) in [4.78, 5) is 13.8. The van der Waals surface area contributed by atoms with Crippen molar-refractivity contribution in [3.63, 3.8) is 0 Å². The van der Waals surface area contributed by atoms with Crippen LogP contribution in [0, 0.1) is 5.41 Å². The quantitative estimate of drug-likeness (QED) is 0.734. The van der Waals surface area contributed by atoms with Gasteiger partial charge in [-0.25, -0.2) is 8.42 Å². The summed E-state index contributed by atoms with van der Waals surface area (Å²) in [6, 6.07) is 1.16. The molecule has 2 rings (SSSR count). The van der Waals surface area contributed by atoms with E-state index in [2.05, 4.69) is 29.8 Å². The highest BCUT2D eigenvalue weighted by Crippen LogP contribution is 2.32. The zero-order valence-corrected chi connectivity index (χ0v) is 14.3. The zero-order chi connectivity index (χ0) is 15.1. The molecule has 1 aromatic heterocycles. The van der Waals surface area contributed by atoms with Crippen molar-refractivity contribution < 1.29 is 17.6 Å². The number of halogens is 2. The summed E-state index contributed by atoms with van der Waals surface area (Å²) in [5.74, 6) is -0.334. The average molecular weight is 385 g/mol. The molecule has 1 fully saturated rings. The summed E-state index contributed by atoms with van der Waals surface area (Å²) < 4.78 is 27.8. The minimum atomic E-state index is -3.94. The molecule has 112 valence electrons. The lowest BCUT2D eigenvalue weighted by molar-refractivity contribution is 0.0551. The molecule has 0 spiro atoms. The fourth-order valence-electron chi connectivity index (χ4n) is 2.38. The predicted molar refractivity (Wildman–Crippen MR) is 78.4 cm³/mol. The van der Waals surface area contributed by atoms with Gasteiger partial charge in [-0.15, -0.1) is 0 Å². The smallest absolute Gasteiger partial charge is 0.289 e. The molecular weight excluding hydrogens is 370 g/mol. The minimum absolute atomic E-state index is 0.0196. The van der Waals surface area contributed by atoms with Gasteiger partial charge in [-0.3, -0.25) is 4.79 Å². The van der Waals surface area contributed by atoms with Gasteiger partial charge in [0.2, 0.25) is 0 Å². The van der Waals surface area contributed by atoms with Gasteiger partial charge in [0, 0.05) is 29.8 Å². The first-order valence-electron chi connectivity index (χ1n) is 6.13. The van der Waals surface area contributed by atoms with E-state index in [1.807, 2.05) is 0 Å². The van der Waals surface area contributed by atoms with Gasteiger partial charge in [0.15, 0.2) is 10.4 Å². The molecule has 0 saturated carbocycles. The second kappa shape index (κ2) is 5.35. The lowest BCUT2D eigenvalue weighted by atomic mass is 9.84. The molecule has 1 saturated heterocycles. The number of piperidine rings is 1. The van der Waals surface area contributed by atoms with Crippen LogP contribution in [0.2, 0.25) is 0 Å². The second-order valence-corrected chi connectivity index (χ2v) is 8.94. The SMILES string of the molecule is CC1(C)CCCN(C(=O)c2cc(S(=O)(=O)Cl)c(Br)o2)C1. The number of hydrogen-bond donors (Lipinski definition) is 0. The van der Waals surface area contributed by atoms with E-state index in [0.29, 0.717) is 13.1 Å². The Labute approximate surface area is 130 Å². The van der Waals surface area contributed by atoms with Gasteiger partial charge in [0.1, 0.15) is 4.90 Å². The molecule has 5 nitrogen and oxygen atoms in total. The van der Waals surface area contributed by atoms with Crippen molar-refractivity contribution in [2.24, 2.45) is 5.41 Å². The molecule has 0 radical (unpaired) electrons. The summed E-state index contributed by atoms with van der Waals surface area (Å²) in [7, 11) is 1.33. The third kappa shape index (κ3) is 3.38. The van der Waals surface area contributed by atoms with E-state index in [0.717, 1.165) is 18.9 Å². The van der Waals surface area contributed by atoms with Crippen LogP contribution < -0.4 is 0 Å². The number of nitrogens with zero attached hydrogens (tertiary/aromatic N) is 1. The van der Waals surface area contributed by atoms with Crippen LogP contribution in [0.25, 0.3) is 0 Å². The maximum atomic E-state index is 12.4. The summed E-state index contributed by atoms with van der Waals surface area (Å²) >= 11 is 2.97. The molecule has 1 aromatic rings. The number of hydrogen-bond acceptors (Lipinski definition) is 4. The van der Waals surface area contributed by atoms with Gasteiger partial charge in [0.25, 0.3) is 15.0 Å². The van der Waals surface area contributed by atoms with E-state index in [1.165, 1.54) is 0 Å². The summed E-state index contributed by atoms with van der Waals surface area (Å²) in [5, 5.41) is 0. The van der Waals surface area contributed by atoms with Crippen molar-refractivity contribution in [1.29, 1.82) is 0 Å². The van der Waals surface area contributed by atoms with Gasteiger partial charge in [-0.1, -0.05) is 13.8 Å². The van der Waals surface area contributed by atoms with Crippen molar-refractivity contribution in [2.75, 3.05) is 13.1 Å². The number of furan rings is 1. The molecule has 8 heteroatoms. The van der Waals surface area contributed by atoms with Crippen LogP contribution >= 0.6 is 26.6 Å². The van der Waals surface area contributed by atoms with E-state index in [4.69, 9.17) is 15.1 Å². The van der Waals surface area contributed by atoms with Crippen LogP contribution in [0.1, 0.15) is 37.2 Å².